The first-order valence-electron chi connectivity index (χ1n) is 8.36. The summed E-state index contributed by atoms with van der Waals surface area (Å²) < 4.78 is 0. The number of hydrogen-bond acceptors (Lipinski definition) is 2. The van der Waals surface area contributed by atoms with Crippen LogP contribution in [0.2, 0.25) is 0 Å². The van der Waals surface area contributed by atoms with Gasteiger partial charge in [-0.25, -0.2) is 0 Å². The molecule has 0 N–H and O–H groups in total. The first-order chi connectivity index (χ1) is 10.7. The fourth-order valence-corrected chi connectivity index (χ4v) is 3.33. The zero-order valence-corrected chi connectivity index (χ0v) is 13.1. The van der Waals surface area contributed by atoms with Gasteiger partial charge in [0.2, 0.25) is 11.8 Å². The van der Waals surface area contributed by atoms with Crippen LogP contribution in [0.3, 0.4) is 0 Å². The molecule has 4 nitrogen and oxygen atoms in total. The summed E-state index contributed by atoms with van der Waals surface area (Å²) in [5.74, 6) is 0.218. The predicted octanol–water partition coefficient (Wildman–Crippen LogP) is 2.71. The minimum Gasteiger partial charge on any atom is -0.333 e. The van der Waals surface area contributed by atoms with Gasteiger partial charge in [0, 0.05) is 26.1 Å². The normalized spacial score (nSPS) is 19.4. The van der Waals surface area contributed by atoms with E-state index in [1.165, 1.54) is 17.5 Å². The summed E-state index contributed by atoms with van der Waals surface area (Å²) in [6, 6.07) is 8.18. The molecular formula is C18H24N2O2. The van der Waals surface area contributed by atoms with E-state index in [4.69, 9.17) is 0 Å². The summed E-state index contributed by atoms with van der Waals surface area (Å²) in [6.07, 6.45) is 6.06. The third kappa shape index (κ3) is 3.49. The fourth-order valence-electron chi connectivity index (χ4n) is 3.33. The Hall–Kier alpha value is -1.84. The molecule has 2 amide bonds. The maximum Gasteiger partial charge on any atom is 0.242 e. The molecule has 0 bridgehead atoms. The number of carbonyl (C=O) groups is 2. The second-order valence-corrected chi connectivity index (χ2v) is 6.35. The van der Waals surface area contributed by atoms with Crippen molar-refractivity contribution in [2.75, 3.05) is 13.1 Å². The Kier molecular flexibility index (Phi) is 4.76. The highest BCUT2D eigenvalue weighted by molar-refractivity contribution is 5.85. The van der Waals surface area contributed by atoms with Gasteiger partial charge in [0.25, 0.3) is 0 Å². The first kappa shape index (κ1) is 15.1. The lowest BCUT2D eigenvalue weighted by Gasteiger charge is -2.24. The average Bonchev–Trinajstić information content (AvgIpc) is 2.98. The van der Waals surface area contributed by atoms with Crippen molar-refractivity contribution in [3.8, 4) is 0 Å². The summed E-state index contributed by atoms with van der Waals surface area (Å²) in [5.41, 5.74) is 2.46. The minimum absolute atomic E-state index is 0.0730. The molecule has 0 spiro atoms. The quantitative estimate of drug-likeness (QED) is 0.842. The predicted molar refractivity (Wildman–Crippen MR) is 85.0 cm³/mol. The highest BCUT2D eigenvalue weighted by Crippen LogP contribution is 2.22. The Balaban J connectivity index is 1.60. The minimum atomic E-state index is 0.0730. The molecule has 118 valence electrons. The molecule has 0 unspecified atom stereocenters. The van der Waals surface area contributed by atoms with Crippen molar-refractivity contribution in [2.45, 2.75) is 51.6 Å². The summed E-state index contributed by atoms with van der Waals surface area (Å²) in [7, 11) is 0. The van der Waals surface area contributed by atoms with E-state index in [9.17, 15) is 9.59 Å². The Morgan fingerprint density at radius 2 is 1.59 bits per heavy atom. The lowest BCUT2D eigenvalue weighted by atomic mass is 10.1. The maximum atomic E-state index is 12.5. The molecule has 22 heavy (non-hydrogen) atoms. The van der Waals surface area contributed by atoms with Crippen LogP contribution >= 0.6 is 0 Å². The molecule has 2 aliphatic rings. The van der Waals surface area contributed by atoms with Gasteiger partial charge in [0.05, 0.1) is 6.54 Å². The highest BCUT2D eigenvalue weighted by atomic mass is 16.2. The number of hydrogen-bond donors (Lipinski definition) is 0. The van der Waals surface area contributed by atoms with Gasteiger partial charge in [-0.15, -0.1) is 0 Å². The van der Waals surface area contributed by atoms with Crippen molar-refractivity contribution in [1.82, 2.24) is 9.80 Å². The molecule has 0 saturated carbocycles. The molecule has 2 heterocycles. The van der Waals surface area contributed by atoms with Gasteiger partial charge < -0.3 is 9.80 Å². The molecule has 0 aliphatic carbocycles. The molecule has 1 aromatic rings. The van der Waals surface area contributed by atoms with Crippen LogP contribution in [0.25, 0.3) is 0 Å². The molecule has 1 aromatic carbocycles. The standard InChI is InChI=1S/C18H24N2O2/c21-17-10-4-2-1-3-7-11-19(17)14-18(22)20-12-15-8-5-6-9-16(15)13-20/h5-6,8-9H,1-4,7,10-14H2. The van der Waals surface area contributed by atoms with Crippen LogP contribution in [0.15, 0.2) is 24.3 Å². The van der Waals surface area contributed by atoms with Crippen molar-refractivity contribution in [3.63, 3.8) is 0 Å². The molecule has 0 atom stereocenters. The van der Waals surface area contributed by atoms with E-state index < -0.39 is 0 Å². The van der Waals surface area contributed by atoms with Crippen molar-refractivity contribution >= 4 is 11.8 Å². The summed E-state index contributed by atoms with van der Waals surface area (Å²) >= 11 is 0. The largest absolute Gasteiger partial charge is 0.333 e. The van der Waals surface area contributed by atoms with Crippen LogP contribution in [0.4, 0.5) is 0 Å². The number of carbonyl (C=O) groups excluding carboxylic acids is 2. The molecular weight excluding hydrogens is 276 g/mol. The lowest BCUT2D eigenvalue weighted by Crippen LogP contribution is -2.41. The highest BCUT2D eigenvalue weighted by Gasteiger charge is 2.25. The fraction of sp³-hybridized carbons (Fsp3) is 0.556. The SMILES string of the molecule is O=C1CCCCCCCN1CC(=O)N1Cc2ccccc2C1. The Morgan fingerprint density at radius 1 is 0.955 bits per heavy atom. The van der Waals surface area contributed by atoms with Crippen LogP contribution in [0, 0.1) is 0 Å². The number of rotatable bonds is 2. The molecule has 3 rings (SSSR count). The van der Waals surface area contributed by atoms with Gasteiger partial charge in [-0.2, -0.15) is 0 Å². The van der Waals surface area contributed by atoms with E-state index in [0.29, 0.717) is 19.5 Å². The second kappa shape index (κ2) is 6.95. The number of amides is 2. The molecule has 0 radical (unpaired) electrons. The second-order valence-electron chi connectivity index (χ2n) is 6.35. The van der Waals surface area contributed by atoms with Gasteiger partial charge in [0.15, 0.2) is 0 Å². The van der Waals surface area contributed by atoms with Crippen LogP contribution in [0.5, 0.6) is 0 Å². The zero-order valence-electron chi connectivity index (χ0n) is 13.1. The molecule has 4 heteroatoms. The van der Waals surface area contributed by atoms with E-state index in [2.05, 4.69) is 12.1 Å². The van der Waals surface area contributed by atoms with E-state index in [-0.39, 0.29) is 18.4 Å². The van der Waals surface area contributed by atoms with Crippen molar-refractivity contribution in [1.29, 1.82) is 0 Å². The summed E-state index contributed by atoms with van der Waals surface area (Å²) in [5, 5.41) is 0. The lowest BCUT2D eigenvalue weighted by molar-refractivity contribution is -0.141. The monoisotopic (exact) mass is 300 g/mol. The van der Waals surface area contributed by atoms with Crippen LogP contribution in [-0.2, 0) is 22.7 Å². The Morgan fingerprint density at radius 3 is 2.32 bits per heavy atom. The molecule has 1 fully saturated rings. The van der Waals surface area contributed by atoms with Gasteiger partial charge in [0.1, 0.15) is 0 Å². The van der Waals surface area contributed by atoms with E-state index >= 15 is 0 Å². The van der Waals surface area contributed by atoms with Gasteiger partial charge in [-0.1, -0.05) is 43.5 Å². The average molecular weight is 300 g/mol. The third-order valence-corrected chi connectivity index (χ3v) is 4.69. The number of fused-ring (bicyclic) bond motifs is 1. The Labute approximate surface area is 132 Å². The van der Waals surface area contributed by atoms with E-state index in [1.54, 1.807) is 4.90 Å². The van der Waals surface area contributed by atoms with Gasteiger partial charge in [-0.05, 0) is 24.0 Å². The van der Waals surface area contributed by atoms with E-state index in [0.717, 1.165) is 32.2 Å². The van der Waals surface area contributed by atoms with Crippen molar-refractivity contribution in [3.05, 3.63) is 35.4 Å². The molecule has 1 saturated heterocycles. The van der Waals surface area contributed by atoms with Crippen LogP contribution < -0.4 is 0 Å². The smallest absolute Gasteiger partial charge is 0.242 e. The third-order valence-electron chi connectivity index (χ3n) is 4.69. The topological polar surface area (TPSA) is 40.6 Å². The summed E-state index contributed by atoms with van der Waals surface area (Å²) in [6.45, 7) is 2.33. The molecule has 2 aliphatic heterocycles. The molecule has 0 aromatic heterocycles. The van der Waals surface area contributed by atoms with Gasteiger partial charge in [-0.3, -0.25) is 9.59 Å². The maximum absolute atomic E-state index is 12.5. The van der Waals surface area contributed by atoms with Crippen LogP contribution in [-0.4, -0.2) is 34.7 Å². The van der Waals surface area contributed by atoms with Gasteiger partial charge >= 0.3 is 0 Å². The number of benzene rings is 1. The number of nitrogens with zero attached hydrogens (tertiary/aromatic N) is 2. The van der Waals surface area contributed by atoms with E-state index in [1.807, 2.05) is 17.0 Å². The van der Waals surface area contributed by atoms with Crippen molar-refractivity contribution < 1.29 is 9.59 Å². The Bertz CT molecular complexity index is 531. The summed E-state index contributed by atoms with van der Waals surface area (Å²) in [4.78, 5) is 28.4. The zero-order chi connectivity index (χ0) is 15.4. The van der Waals surface area contributed by atoms with Crippen LogP contribution in [0.1, 0.15) is 49.7 Å². The van der Waals surface area contributed by atoms with Crippen molar-refractivity contribution in [2.24, 2.45) is 0 Å². The first-order valence-corrected chi connectivity index (χ1v) is 8.36.